The fourth-order valence-corrected chi connectivity index (χ4v) is 2.24. The fraction of sp³-hybridized carbons (Fsp3) is 0.0625. The van der Waals surface area contributed by atoms with Gasteiger partial charge in [-0.2, -0.15) is 0 Å². The third-order valence-corrected chi connectivity index (χ3v) is 3.04. The van der Waals surface area contributed by atoms with Crippen LogP contribution >= 0.6 is 0 Å². The van der Waals surface area contributed by atoms with Crippen molar-refractivity contribution in [1.29, 1.82) is 0 Å². The van der Waals surface area contributed by atoms with Crippen LogP contribution in [-0.4, -0.2) is 10.5 Å². The van der Waals surface area contributed by atoms with Crippen molar-refractivity contribution in [2.75, 3.05) is 5.32 Å². The lowest BCUT2D eigenvalue weighted by Crippen LogP contribution is -2.06. The smallest absolute Gasteiger partial charge is 0.221 e. The highest BCUT2D eigenvalue weighted by molar-refractivity contribution is 5.89. The lowest BCUT2D eigenvalue weighted by molar-refractivity contribution is -0.114. The molecule has 3 heteroatoms. The summed E-state index contributed by atoms with van der Waals surface area (Å²) in [5, 5.41) is 4.00. The number of aromatic nitrogens is 1. The van der Waals surface area contributed by atoms with E-state index in [2.05, 4.69) is 28.1 Å². The summed E-state index contributed by atoms with van der Waals surface area (Å²) in [6, 6.07) is 18.1. The first-order chi connectivity index (χ1) is 9.24. The van der Waals surface area contributed by atoms with E-state index in [1.807, 2.05) is 42.6 Å². The molecular formula is C16H14N2O. The maximum absolute atomic E-state index is 11.1. The Bertz CT molecular complexity index is 743. The van der Waals surface area contributed by atoms with Crippen LogP contribution in [0, 0.1) is 0 Å². The second-order valence-corrected chi connectivity index (χ2v) is 4.48. The minimum Gasteiger partial charge on any atom is -0.326 e. The third kappa shape index (κ3) is 2.22. The number of amides is 1. The van der Waals surface area contributed by atoms with E-state index in [9.17, 15) is 4.79 Å². The highest BCUT2D eigenvalue weighted by atomic mass is 16.1. The predicted octanol–water partition coefficient (Wildman–Crippen LogP) is 3.59. The predicted molar refractivity (Wildman–Crippen MR) is 77.6 cm³/mol. The summed E-state index contributed by atoms with van der Waals surface area (Å²) in [4.78, 5) is 11.1. The molecule has 0 radical (unpaired) electrons. The Kier molecular flexibility index (Phi) is 2.80. The first-order valence-electron chi connectivity index (χ1n) is 6.18. The average Bonchev–Trinajstić information content (AvgIpc) is 2.82. The molecule has 0 unspecified atom stereocenters. The molecule has 3 nitrogen and oxygen atoms in total. The van der Waals surface area contributed by atoms with Crippen molar-refractivity contribution in [1.82, 2.24) is 4.57 Å². The van der Waals surface area contributed by atoms with Crippen LogP contribution in [0.4, 0.5) is 5.69 Å². The van der Waals surface area contributed by atoms with Gasteiger partial charge in [-0.25, -0.2) is 0 Å². The third-order valence-electron chi connectivity index (χ3n) is 3.04. The van der Waals surface area contributed by atoms with E-state index in [1.54, 1.807) is 0 Å². The van der Waals surface area contributed by atoms with E-state index in [4.69, 9.17) is 0 Å². The lowest BCUT2D eigenvalue weighted by atomic mass is 10.2. The lowest BCUT2D eigenvalue weighted by Gasteiger charge is -2.08. The van der Waals surface area contributed by atoms with Crippen molar-refractivity contribution in [2.45, 2.75) is 6.92 Å². The van der Waals surface area contributed by atoms with Gasteiger partial charge in [0.05, 0.1) is 5.52 Å². The Morgan fingerprint density at radius 2 is 1.89 bits per heavy atom. The van der Waals surface area contributed by atoms with E-state index in [1.165, 1.54) is 12.3 Å². The first kappa shape index (κ1) is 11.5. The number of anilines is 1. The first-order valence-corrected chi connectivity index (χ1v) is 6.18. The second-order valence-electron chi connectivity index (χ2n) is 4.48. The largest absolute Gasteiger partial charge is 0.326 e. The molecule has 0 aliphatic heterocycles. The molecule has 0 bridgehead atoms. The van der Waals surface area contributed by atoms with Crippen molar-refractivity contribution in [3.63, 3.8) is 0 Å². The van der Waals surface area contributed by atoms with Crippen LogP contribution in [0.3, 0.4) is 0 Å². The number of nitrogens with zero attached hydrogens (tertiary/aromatic N) is 1. The van der Waals surface area contributed by atoms with Gasteiger partial charge in [-0.05, 0) is 35.7 Å². The summed E-state index contributed by atoms with van der Waals surface area (Å²) in [5.41, 5.74) is 3.00. The van der Waals surface area contributed by atoms with Gasteiger partial charge < -0.3 is 9.88 Å². The van der Waals surface area contributed by atoms with Crippen molar-refractivity contribution >= 4 is 22.5 Å². The van der Waals surface area contributed by atoms with Crippen LogP contribution in [0.2, 0.25) is 0 Å². The van der Waals surface area contributed by atoms with E-state index in [0.29, 0.717) is 0 Å². The number of benzene rings is 2. The summed E-state index contributed by atoms with van der Waals surface area (Å²) in [5.74, 6) is -0.0606. The molecule has 0 saturated heterocycles. The summed E-state index contributed by atoms with van der Waals surface area (Å²) in [7, 11) is 0. The molecule has 0 atom stereocenters. The van der Waals surface area contributed by atoms with Crippen molar-refractivity contribution < 1.29 is 4.79 Å². The van der Waals surface area contributed by atoms with Gasteiger partial charge in [0.25, 0.3) is 0 Å². The zero-order valence-electron chi connectivity index (χ0n) is 10.6. The minimum absolute atomic E-state index is 0.0606. The standard InChI is InChI=1S/C16H14N2O/c1-12(19)17-14-6-4-7-15(11-14)18-10-9-13-5-2-3-8-16(13)18/h2-11H,1H3,(H,17,19). The van der Waals surface area contributed by atoms with Gasteiger partial charge >= 0.3 is 0 Å². The zero-order valence-corrected chi connectivity index (χ0v) is 10.6. The van der Waals surface area contributed by atoms with E-state index < -0.39 is 0 Å². The molecule has 0 saturated carbocycles. The Balaban J connectivity index is 2.09. The summed E-state index contributed by atoms with van der Waals surface area (Å²) < 4.78 is 2.11. The maximum atomic E-state index is 11.1. The minimum atomic E-state index is -0.0606. The Morgan fingerprint density at radius 3 is 2.74 bits per heavy atom. The quantitative estimate of drug-likeness (QED) is 0.741. The molecule has 1 aromatic heterocycles. The van der Waals surface area contributed by atoms with E-state index in [-0.39, 0.29) is 5.91 Å². The second kappa shape index (κ2) is 4.61. The van der Waals surface area contributed by atoms with Crippen LogP contribution in [0.1, 0.15) is 6.92 Å². The van der Waals surface area contributed by atoms with E-state index >= 15 is 0 Å². The molecule has 0 spiro atoms. The fourth-order valence-electron chi connectivity index (χ4n) is 2.24. The Hall–Kier alpha value is -2.55. The SMILES string of the molecule is CC(=O)Nc1cccc(-n2ccc3ccccc32)c1. The number of fused-ring (bicyclic) bond motifs is 1. The maximum Gasteiger partial charge on any atom is 0.221 e. The monoisotopic (exact) mass is 250 g/mol. The molecule has 3 aromatic rings. The van der Waals surface area contributed by atoms with Gasteiger partial charge in [0, 0.05) is 24.5 Å². The van der Waals surface area contributed by atoms with Crippen LogP contribution in [0.25, 0.3) is 16.6 Å². The molecule has 3 rings (SSSR count). The molecule has 0 aliphatic carbocycles. The Morgan fingerprint density at radius 1 is 1.05 bits per heavy atom. The zero-order chi connectivity index (χ0) is 13.2. The molecule has 19 heavy (non-hydrogen) atoms. The van der Waals surface area contributed by atoms with E-state index in [0.717, 1.165) is 16.9 Å². The highest BCUT2D eigenvalue weighted by Gasteiger charge is 2.03. The van der Waals surface area contributed by atoms with Crippen LogP contribution in [-0.2, 0) is 4.79 Å². The molecular weight excluding hydrogens is 236 g/mol. The number of para-hydroxylation sites is 1. The van der Waals surface area contributed by atoms with Gasteiger partial charge in [-0.15, -0.1) is 0 Å². The summed E-state index contributed by atoms with van der Waals surface area (Å²) in [6.07, 6.45) is 2.04. The normalized spacial score (nSPS) is 10.6. The molecule has 1 N–H and O–H groups in total. The van der Waals surface area contributed by atoms with Gasteiger partial charge in [0.15, 0.2) is 0 Å². The highest BCUT2D eigenvalue weighted by Crippen LogP contribution is 2.22. The number of hydrogen-bond donors (Lipinski definition) is 1. The number of nitrogens with one attached hydrogen (secondary N) is 1. The summed E-state index contributed by atoms with van der Waals surface area (Å²) in [6.45, 7) is 1.51. The average molecular weight is 250 g/mol. The molecule has 0 aliphatic rings. The number of hydrogen-bond acceptors (Lipinski definition) is 1. The van der Waals surface area contributed by atoms with Crippen LogP contribution < -0.4 is 5.32 Å². The molecule has 0 fully saturated rings. The Labute approximate surface area is 111 Å². The van der Waals surface area contributed by atoms with Crippen molar-refractivity contribution in [3.8, 4) is 5.69 Å². The number of rotatable bonds is 2. The number of carbonyl (C=O) groups is 1. The number of carbonyl (C=O) groups excluding carboxylic acids is 1. The molecule has 2 aromatic carbocycles. The van der Waals surface area contributed by atoms with Gasteiger partial charge in [-0.1, -0.05) is 24.3 Å². The topological polar surface area (TPSA) is 34.0 Å². The van der Waals surface area contributed by atoms with Crippen LogP contribution in [0.5, 0.6) is 0 Å². The van der Waals surface area contributed by atoms with Crippen molar-refractivity contribution in [2.24, 2.45) is 0 Å². The molecule has 1 heterocycles. The van der Waals surface area contributed by atoms with Crippen molar-refractivity contribution in [3.05, 3.63) is 60.8 Å². The van der Waals surface area contributed by atoms with Gasteiger partial charge in [-0.3, -0.25) is 4.79 Å². The van der Waals surface area contributed by atoms with Gasteiger partial charge in [0.1, 0.15) is 0 Å². The molecule has 94 valence electrons. The van der Waals surface area contributed by atoms with Crippen LogP contribution in [0.15, 0.2) is 60.8 Å². The molecule has 1 amide bonds. The summed E-state index contributed by atoms with van der Waals surface area (Å²) >= 11 is 0. The van der Waals surface area contributed by atoms with Gasteiger partial charge in [0.2, 0.25) is 5.91 Å².